The first-order valence-corrected chi connectivity index (χ1v) is 6.74. The SMILES string of the molecule is Cc1cc(CO)cc(C)c1OCC1CN(C)CCO1. The van der Waals surface area contributed by atoms with Crippen molar-refractivity contribution < 1.29 is 14.6 Å². The van der Waals surface area contributed by atoms with Crippen LogP contribution >= 0.6 is 0 Å². The van der Waals surface area contributed by atoms with E-state index < -0.39 is 0 Å². The second kappa shape index (κ2) is 6.37. The van der Waals surface area contributed by atoms with Gasteiger partial charge in [-0.25, -0.2) is 0 Å². The molecule has 0 aromatic heterocycles. The molecule has 1 aliphatic heterocycles. The number of morpholine rings is 1. The fourth-order valence-corrected chi connectivity index (χ4v) is 2.50. The smallest absolute Gasteiger partial charge is 0.125 e. The highest BCUT2D eigenvalue weighted by Crippen LogP contribution is 2.25. The van der Waals surface area contributed by atoms with Gasteiger partial charge in [0.1, 0.15) is 18.5 Å². The highest BCUT2D eigenvalue weighted by atomic mass is 16.5. The highest BCUT2D eigenvalue weighted by molar-refractivity contribution is 5.43. The third-order valence-corrected chi connectivity index (χ3v) is 3.46. The van der Waals surface area contributed by atoms with Crippen LogP contribution in [0.15, 0.2) is 12.1 Å². The highest BCUT2D eigenvalue weighted by Gasteiger charge is 2.19. The number of aliphatic hydroxyl groups excluding tert-OH is 1. The van der Waals surface area contributed by atoms with Gasteiger partial charge in [-0.3, -0.25) is 0 Å². The minimum Gasteiger partial charge on any atom is -0.490 e. The largest absolute Gasteiger partial charge is 0.490 e. The third kappa shape index (κ3) is 3.69. The molecular formula is C15H23NO3. The maximum absolute atomic E-state index is 9.17. The summed E-state index contributed by atoms with van der Waals surface area (Å²) < 4.78 is 11.6. The number of ether oxygens (including phenoxy) is 2. The van der Waals surface area contributed by atoms with Crippen LogP contribution in [0.5, 0.6) is 5.75 Å². The molecule has 1 unspecified atom stereocenters. The van der Waals surface area contributed by atoms with Gasteiger partial charge in [-0.1, -0.05) is 12.1 Å². The van der Waals surface area contributed by atoms with Crippen molar-refractivity contribution in [2.45, 2.75) is 26.6 Å². The molecule has 0 amide bonds. The van der Waals surface area contributed by atoms with Crippen molar-refractivity contribution in [1.82, 2.24) is 4.90 Å². The van der Waals surface area contributed by atoms with Gasteiger partial charge in [0.15, 0.2) is 0 Å². The minimum atomic E-state index is 0.0679. The number of nitrogens with zero attached hydrogens (tertiary/aromatic N) is 1. The van der Waals surface area contributed by atoms with Crippen molar-refractivity contribution in [3.8, 4) is 5.75 Å². The number of benzene rings is 1. The Bertz CT molecular complexity index is 410. The Hall–Kier alpha value is -1.10. The topological polar surface area (TPSA) is 41.9 Å². The Morgan fingerprint density at radius 3 is 2.63 bits per heavy atom. The molecule has 1 saturated heterocycles. The molecule has 0 radical (unpaired) electrons. The van der Waals surface area contributed by atoms with Crippen LogP contribution in [0.1, 0.15) is 16.7 Å². The molecule has 106 valence electrons. The number of aryl methyl sites for hydroxylation is 2. The maximum atomic E-state index is 9.17. The van der Waals surface area contributed by atoms with Gasteiger partial charge in [-0.05, 0) is 37.6 Å². The minimum absolute atomic E-state index is 0.0679. The predicted octanol–water partition coefficient (Wildman–Crippen LogP) is 1.51. The zero-order valence-electron chi connectivity index (χ0n) is 12.0. The molecule has 19 heavy (non-hydrogen) atoms. The Kier molecular flexibility index (Phi) is 4.80. The molecule has 1 aromatic carbocycles. The van der Waals surface area contributed by atoms with Crippen LogP contribution in [-0.4, -0.2) is 49.5 Å². The molecule has 1 aliphatic rings. The predicted molar refractivity (Wildman–Crippen MR) is 74.6 cm³/mol. The number of aliphatic hydroxyl groups is 1. The van der Waals surface area contributed by atoms with E-state index in [4.69, 9.17) is 9.47 Å². The Balaban J connectivity index is 1.99. The molecule has 0 saturated carbocycles. The van der Waals surface area contributed by atoms with Crippen LogP contribution in [0.4, 0.5) is 0 Å². The van der Waals surface area contributed by atoms with E-state index >= 15 is 0 Å². The first kappa shape index (κ1) is 14.3. The summed E-state index contributed by atoms with van der Waals surface area (Å²) in [6.45, 7) is 7.33. The van der Waals surface area contributed by atoms with Crippen molar-refractivity contribution in [1.29, 1.82) is 0 Å². The molecule has 1 fully saturated rings. The van der Waals surface area contributed by atoms with Gasteiger partial charge in [0.2, 0.25) is 0 Å². The Morgan fingerprint density at radius 1 is 1.37 bits per heavy atom. The lowest BCUT2D eigenvalue weighted by atomic mass is 10.1. The quantitative estimate of drug-likeness (QED) is 0.896. The second-order valence-electron chi connectivity index (χ2n) is 5.28. The van der Waals surface area contributed by atoms with Crippen LogP contribution in [0.3, 0.4) is 0 Å². The van der Waals surface area contributed by atoms with E-state index in [-0.39, 0.29) is 12.7 Å². The van der Waals surface area contributed by atoms with Gasteiger partial charge < -0.3 is 19.5 Å². The van der Waals surface area contributed by atoms with Gasteiger partial charge in [-0.2, -0.15) is 0 Å². The molecule has 0 bridgehead atoms. The van der Waals surface area contributed by atoms with Crippen LogP contribution in [0.2, 0.25) is 0 Å². The summed E-state index contributed by atoms with van der Waals surface area (Å²) in [6, 6.07) is 3.94. The molecule has 4 heteroatoms. The third-order valence-electron chi connectivity index (χ3n) is 3.46. The summed E-state index contributed by atoms with van der Waals surface area (Å²) in [5.74, 6) is 0.911. The van der Waals surface area contributed by atoms with Crippen LogP contribution < -0.4 is 4.74 Å². The lowest BCUT2D eigenvalue weighted by molar-refractivity contribution is -0.0405. The summed E-state index contributed by atoms with van der Waals surface area (Å²) in [7, 11) is 2.10. The van der Waals surface area contributed by atoms with Crippen LogP contribution in [-0.2, 0) is 11.3 Å². The van der Waals surface area contributed by atoms with Gasteiger partial charge in [0, 0.05) is 13.1 Å². The van der Waals surface area contributed by atoms with Gasteiger partial charge in [0.05, 0.1) is 13.2 Å². The maximum Gasteiger partial charge on any atom is 0.125 e. The van der Waals surface area contributed by atoms with Crippen molar-refractivity contribution in [3.63, 3.8) is 0 Å². The number of likely N-dealkylation sites (N-methyl/N-ethyl adjacent to an activating group) is 1. The number of hydrogen-bond donors (Lipinski definition) is 1. The summed E-state index contributed by atoms with van der Waals surface area (Å²) in [5.41, 5.74) is 3.05. The molecule has 1 N–H and O–H groups in total. The summed E-state index contributed by atoms with van der Waals surface area (Å²) in [6.07, 6.45) is 0.134. The summed E-state index contributed by atoms with van der Waals surface area (Å²) in [4.78, 5) is 2.26. The van der Waals surface area contributed by atoms with E-state index in [1.165, 1.54) is 0 Å². The van der Waals surface area contributed by atoms with Crippen molar-refractivity contribution in [2.75, 3.05) is 33.4 Å². The van der Waals surface area contributed by atoms with E-state index in [0.29, 0.717) is 6.61 Å². The molecular weight excluding hydrogens is 242 g/mol. The molecule has 1 heterocycles. The van der Waals surface area contributed by atoms with Crippen molar-refractivity contribution in [2.24, 2.45) is 0 Å². The van der Waals surface area contributed by atoms with Gasteiger partial charge in [0.25, 0.3) is 0 Å². The molecule has 2 rings (SSSR count). The Morgan fingerprint density at radius 2 is 2.05 bits per heavy atom. The van der Waals surface area contributed by atoms with Crippen molar-refractivity contribution in [3.05, 3.63) is 28.8 Å². The van der Waals surface area contributed by atoms with Crippen LogP contribution in [0, 0.1) is 13.8 Å². The number of hydrogen-bond acceptors (Lipinski definition) is 4. The molecule has 4 nitrogen and oxygen atoms in total. The monoisotopic (exact) mass is 265 g/mol. The van der Waals surface area contributed by atoms with Crippen molar-refractivity contribution >= 4 is 0 Å². The standard InChI is InChI=1S/C15H23NO3/c1-11-6-13(9-17)7-12(2)15(11)19-10-14-8-16(3)4-5-18-14/h6-7,14,17H,4-5,8-10H2,1-3H3. The van der Waals surface area contributed by atoms with E-state index in [1.807, 2.05) is 26.0 Å². The molecule has 0 aliphatic carbocycles. The zero-order chi connectivity index (χ0) is 13.8. The van der Waals surface area contributed by atoms with E-state index in [2.05, 4.69) is 11.9 Å². The average molecular weight is 265 g/mol. The fraction of sp³-hybridized carbons (Fsp3) is 0.600. The lowest BCUT2D eigenvalue weighted by Gasteiger charge is -2.30. The second-order valence-corrected chi connectivity index (χ2v) is 5.28. The normalized spacial score (nSPS) is 20.5. The summed E-state index contributed by atoms with van der Waals surface area (Å²) >= 11 is 0. The van der Waals surface area contributed by atoms with E-state index in [9.17, 15) is 5.11 Å². The molecule has 1 atom stereocenters. The average Bonchev–Trinajstić information content (AvgIpc) is 2.37. The van der Waals surface area contributed by atoms with E-state index in [1.54, 1.807) is 0 Å². The first-order valence-electron chi connectivity index (χ1n) is 6.74. The number of rotatable bonds is 4. The van der Waals surface area contributed by atoms with Crippen LogP contribution in [0.25, 0.3) is 0 Å². The first-order chi connectivity index (χ1) is 9.10. The zero-order valence-corrected chi connectivity index (χ0v) is 12.0. The Labute approximate surface area is 114 Å². The molecule has 0 spiro atoms. The molecule has 1 aromatic rings. The van der Waals surface area contributed by atoms with Gasteiger partial charge >= 0.3 is 0 Å². The van der Waals surface area contributed by atoms with Gasteiger partial charge in [-0.15, -0.1) is 0 Å². The lowest BCUT2D eigenvalue weighted by Crippen LogP contribution is -2.42. The van der Waals surface area contributed by atoms with E-state index in [0.717, 1.165) is 42.1 Å². The summed E-state index contributed by atoms with van der Waals surface area (Å²) in [5, 5.41) is 9.17. The fourth-order valence-electron chi connectivity index (χ4n) is 2.50.